The second-order valence-electron chi connectivity index (χ2n) is 6.99. The van der Waals surface area contributed by atoms with Crippen LogP contribution in [0.2, 0.25) is 5.02 Å². The fourth-order valence-electron chi connectivity index (χ4n) is 3.00. The van der Waals surface area contributed by atoms with Gasteiger partial charge in [-0.05, 0) is 60.9 Å². The third kappa shape index (κ3) is 3.78. The van der Waals surface area contributed by atoms with Crippen molar-refractivity contribution in [1.82, 2.24) is 4.90 Å². The Morgan fingerprint density at radius 1 is 1.14 bits per heavy atom. The lowest BCUT2D eigenvalue weighted by Crippen LogP contribution is -2.44. The second-order valence-corrected chi connectivity index (χ2v) is 7.43. The Bertz CT molecular complexity index is 1040. The van der Waals surface area contributed by atoms with E-state index in [0.29, 0.717) is 22.1 Å². The largest absolute Gasteiger partial charge is 0.457 e. The fraction of sp³-hybridized carbons (Fsp3) is 0.227. The number of carbonyl (C=O) groups is 2. The molecule has 3 rings (SSSR count). The van der Waals surface area contributed by atoms with E-state index in [0.717, 1.165) is 10.5 Å². The zero-order valence-electron chi connectivity index (χ0n) is 15.8. The molecule has 0 saturated carbocycles. The third-order valence-electron chi connectivity index (χ3n) is 4.42. The third-order valence-corrected chi connectivity index (χ3v) is 4.67. The van der Waals surface area contributed by atoms with Gasteiger partial charge in [-0.15, -0.1) is 0 Å². The maximum absolute atomic E-state index is 12.9. The van der Waals surface area contributed by atoms with Gasteiger partial charge in [0.15, 0.2) is 0 Å². The molecule has 0 radical (unpaired) electrons. The molecule has 0 spiro atoms. The van der Waals surface area contributed by atoms with E-state index >= 15 is 0 Å². The molecule has 0 aliphatic carbocycles. The maximum atomic E-state index is 12.9. The first-order chi connectivity index (χ1) is 13.3. The van der Waals surface area contributed by atoms with Crippen molar-refractivity contribution in [3.8, 4) is 17.4 Å². The molecular formula is C22H19ClN2O3. The van der Waals surface area contributed by atoms with Crippen molar-refractivity contribution in [1.29, 1.82) is 5.26 Å². The standard InChI is InChI=1S/C22H19ClN2O3/c1-13(2)12-25-21(26)18(14(3)19(11-24)22(25)27)10-17-8-9-20(28-17)15-4-6-16(23)7-5-15/h4-10,13H,12H2,1-3H3/b18-10-. The summed E-state index contributed by atoms with van der Waals surface area (Å²) in [6.07, 6.45) is 1.58. The zero-order chi connectivity index (χ0) is 20.4. The first-order valence-corrected chi connectivity index (χ1v) is 9.24. The van der Waals surface area contributed by atoms with Crippen LogP contribution in [-0.2, 0) is 9.59 Å². The highest BCUT2D eigenvalue weighted by Crippen LogP contribution is 2.30. The van der Waals surface area contributed by atoms with E-state index in [2.05, 4.69) is 0 Å². The molecule has 28 heavy (non-hydrogen) atoms. The van der Waals surface area contributed by atoms with Crippen molar-refractivity contribution < 1.29 is 14.0 Å². The monoisotopic (exact) mass is 394 g/mol. The number of nitrogens with zero attached hydrogens (tertiary/aromatic N) is 2. The Hall–Kier alpha value is -3.10. The number of amides is 2. The van der Waals surface area contributed by atoms with Crippen LogP contribution in [-0.4, -0.2) is 23.3 Å². The number of rotatable bonds is 4. The summed E-state index contributed by atoms with van der Waals surface area (Å²) in [6, 6.07) is 12.7. The molecule has 1 aliphatic rings. The summed E-state index contributed by atoms with van der Waals surface area (Å²) in [5.41, 5.74) is 1.48. The van der Waals surface area contributed by atoms with E-state index in [1.54, 1.807) is 37.3 Å². The topological polar surface area (TPSA) is 74.3 Å². The van der Waals surface area contributed by atoms with Crippen LogP contribution in [0, 0.1) is 17.2 Å². The molecule has 1 aromatic carbocycles. The minimum absolute atomic E-state index is 0.0176. The van der Waals surface area contributed by atoms with Crippen molar-refractivity contribution in [2.75, 3.05) is 6.54 Å². The minimum Gasteiger partial charge on any atom is -0.457 e. The molecule has 5 nitrogen and oxygen atoms in total. The lowest BCUT2D eigenvalue weighted by Gasteiger charge is -2.28. The lowest BCUT2D eigenvalue weighted by molar-refractivity contribution is -0.141. The summed E-state index contributed by atoms with van der Waals surface area (Å²) in [5.74, 6) is 0.220. The molecular weight excluding hydrogens is 376 g/mol. The first kappa shape index (κ1) is 19.7. The Balaban J connectivity index is 2.01. The summed E-state index contributed by atoms with van der Waals surface area (Å²) in [5, 5.41) is 10.0. The number of benzene rings is 1. The van der Waals surface area contributed by atoms with Gasteiger partial charge in [0.05, 0.1) is 0 Å². The molecule has 0 unspecified atom stereocenters. The molecule has 0 bridgehead atoms. The molecule has 2 aromatic rings. The van der Waals surface area contributed by atoms with E-state index < -0.39 is 11.8 Å². The van der Waals surface area contributed by atoms with Crippen LogP contribution in [0.3, 0.4) is 0 Å². The van der Waals surface area contributed by atoms with Crippen molar-refractivity contribution >= 4 is 29.5 Å². The summed E-state index contributed by atoms with van der Waals surface area (Å²) >= 11 is 5.91. The quantitative estimate of drug-likeness (QED) is 0.548. The summed E-state index contributed by atoms with van der Waals surface area (Å²) in [7, 11) is 0. The number of halogens is 1. The van der Waals surface area contributed by atoms with Gasteiger partial charge in [-0.3, -0.25) is 14.5 Å². The number of imide groups is 1. The van der Waals surface area contributed by atoms with E-state index in [1.165, 1.54) is 0 Å². The van der Waals surface area contributed by atoms with Crippen LogP contribution < -0.4 is 0 Å². The summed E-state index contributed by atoms with van der Waals surface area (Å²) < 4.78 is 5.84. The minimum atomic E-state index is -0.544. The predicted molar refractivity (Wildman–Crippen MR) is 107 cm³/mol. The van der Waals surface area contributed by atoms with Gasteiger partial charge in [0, 0.05) is 22.7 Å². The van der Waals surface area contributed by atoms with Crippen molar-refractivity contribution in [2.45, 2.75) is 20.8 Å². The maximum Gasteiger partial charge on any atom is 0.271 e. The van der Waals surface area contributed by atoms with E-state index in [-0.39, 0.29) is 23.6 Å². The molecule has 2 amide bonds. The Labute approximate surface area is 168 Å². The highest BCUT2D eigenvalue weighted by molar-refractivity contribution is 6.30. The van der Waals surface area contributed by atoms with Gasteiger partial charge in [0.2, 0.25) is 0 Å². The fourth-order valence-corrected chi connectivity index (χ4v) is 3.13. The second kappa shape index (κ2) is 7.87. The molecule has 0 saturated heterocycles. The SMILES string of the molecule is CC1=C(C#N)C(=O)N(CC(C)C)C(=O)/C1=C\c1ccc(-c2ccc(Cl)cc2)o1. The number of nitriles is 1. The first-order valence-electron chi connectivity index (χ1n) is 8.86. The predicted octanol–water partition coefficient (Wildman–Crippen LogP) is 4.85. The molecule has 0 fully saturated rings. The number of hydrogen-bond donors (Lipinski definition) is 0. The Kier molecular flexibility index (Phi) is 5.53. The van der Waals surface area contributed by atoms with Gasteiger partial charge in [0.25, 0.3) is 11.8 Å². The van der Waals surface area contributed by atoms with Crippen molar-refractivity contribution in [3.63, 3.8) is 0 Å². The lowest BCUT2D eigenvalue weighted by atomic mass is 9.94. The zero-order valence-corrected chi connectivity index (χ0v) is 16.6. The molecule has 1 aromatic heterocycles. The highest BCUT2D eigenvalue weighted by atomic mass is 35.5. The Morgan fingerprint density at radius 2 is 1.82 bits per heavy atom. The van der Waals surface area contributed by atoms with Gasteiger partial charge >= 0.3 is 0 Å². The van der Waals surface area contributed by atoms with Crippen LogP contribution >= 0.6 is 11.6 Å². The van der Waals surface area contributed by atoms with Crippen LogP contribution in [0.1, 0.15) is 26.5 Å². The Morgan fingerprint density at radius 3 is 2.43 bits per heavy atom. The van der Waals surface area contributed by atoms with Crippen molar-refractivity contribution in [3.05, 3.63) is 63.9 Å². The van der Waals surface area contributed by atoms with E-state index in [9.17, 15) is 14.9 Å². The van der Waals surface area contributed by atoms with Gasteiger partial charge in [0.1, 0.15) is 23.2 Å². The molecule has 2 heterocycles. The van der Waals surface area contributed by atoms with Crippen molar-refractivity contribution in [2.24, 2.45) is 5.92 Å². The normalized spacial score (nSPS) is 16.3. The average molecular weight is 395 g/mol. The average Bonchev–Trinajstić information content (AvgIpc) is 3.12. The number of carbonyl (C=O) groups excluding carboxylic acids is 2. The number of hydrogen-bond acceptors (Lipinski definition) is 4. The summed E-state index contributed by atoms with van der Waals surface area (Å²) in [6.45, 7) is 5.68. The van der Waals surface area contributed by atoms with Crippen LogP contribution in [0.5, 0.6) is 0 Å². The molecule has 1 aliphatic heterocycles. The number of furan rings is 1. The van der Waals surface area contributed by atoms with Gasteiger partial charge in [-0.1, -0.05) is 25.4 Å². The van der Waals surface area contributed by atoms with Crippen LogP contribution in [0.4, 0.5) is 0 Å². The molecule has 0 N–H and O–H groups in total. The molecule has 0 atom stereocenters. The highest BCUT2D eigenvalue weighted by Gasteiger charge is 2.35. The van der Waals surface area contributed by atoms with E-state index in [4.69, 9.17) is 16.0 Å². The van der Waals surface area contributed by atoms with Gasteiger partial charge < -0.3 is 4.42 Å². The smallest absolute Gasteiger partial charge is 0.271 e. The van der Waals surface area contributed by atoms with Crippen LogP contribution in [0.15, 0.2) is 57.5 Å². The van der Waals surface area contributed by atoms with E-state index in [1.807, 2.05) is 32.0 Å². The molecule has 142 valence electrons. The van der Waals surface area contributed by atoms with Gasteiger partial charge in [-0.2, -0.15) is 5.26 Å². The summed E-state index contributed by atoms with van der Waals surface area (Å²) in [4.78, 5) is 26.5. The van der Waals surface area contributed by atoms with Gasteiger partial charge in [-0.25, -0.2) is 0 Å². The van der Waals surface area contributed by atoms with Crippen LogP contribution in [0.25, 0.3) is 17.4 Å². The molecule has 6 heteroatoms.